The number of rotatable bonds is 7. The molecule has 1 fully saturated rings. The van der Waals surface area contributed by atoms with Crippen LogP contribution in [0.1, 0.15) is 24.0 Å². The summed E-state index contributed by atoms with van der Waals surface area (Å²) in [4.78, 5) is 13.3. The minimum Gasteiger partial charge on any atom is -0.358 e. The zero-order valence-electron chi connectivity index (χ0n) is 17.0. The predicted octanol–water partition coefficient (Wildman–Crippen LogP) is 3.40. The van der Waals surface area contributed by atoms with Gasteiger partial charge in [-0.15, -0.1) is 5.10 Å². The molecule has 0 N–H and O–H groups in total. The van der Waals surface area contributed by atoms with E-state index >= 15 is 0 Å². The highest BCUT2D eigenvalue weighted by atomic mass is 15.3. The van der Waals surface area contributed by atoms with Crippen LogP contribution < -0.4 is 9.80 Å². The SMILES string of the molecule is CN(CCc1ccncc1)c1cnnc(N2CCC(Cc3ccccc3)CC2)n1. The lowest BCUT2D eigenvalue weighted by atomic mass is 9.90. The first-order valence-electron chi connectivity index (χ1n) is 10.4. The lowest BCUT2D eigenvalue weighted by Gasteiger charge is -2.32. The van der Waals surface area contributed by atoms with E-state index in [0.717, 1.165) is 50.2 Å². The number of piperidine rings is 1. The molecule has 2 aromatic heterocycles. The van der Waals surface area contributed by atoms with Crippen molar-refractivity contribution in [2.45, 2.75) is 25.7 Å². The first-order valence-corrected chi connectivity index (χ1v) is 10.4. The molecule has 1 saturated heterocycles. The quantitative estimate of drug-likeness (QED) is 0.618. The molecule has 150 valence electrons. The van der Waals surface area contributed by atoms with Gasteiger partial charge in [0.05, 0.1) is 6.20 Å². The van der Waals surface area contributed by atoms with Crippen molar-refractivity contribution in [2.75, 3.05) is 36.5 Å². The Labute approximate surface area is 172 Å². The van der Waals surface area contributed by atoms with Gasteiger partial charge in [0.1, 0.15) is 0 Å². The van der Waals surface area contributed by atoms with Crippen LogP contribution in [0.25, 0.3) is 0 Å². The first kappa shape index (κ1) is 19.3. The van der Waals surface area contributed by atoms with Crippen LogP contribution in [0.15, 0.2) is 61.1 Å². The van der Waals surface area contributed by atoms with Crippen molar-refractivity contribution in [1.82, 2.24) is 20.2 Å². The molecule has 1 aromatic carbocycles. The fourth-order valence-corrected chi connectivity index (χ4v) is 3.85. The molecule has 6 nitrogen and oxygen atoms in total. The fraction of sp³-hybridized carbons (Fsp3) is 0.391. The monoisotopic (exact) mass is 388 g/mol. The Bertz CT molecular complexity index is 878. The summed E-state index contributed by atoms with van der Waals surface area (Å²) < 4.78 is 0. The van der Waals surface area contributed by atoms with Crippen LogP contribution in [0.3, 0.4) is 0 Å². The second-order valence-corrected chi connectivity index (χ2v) is 7.76. The van der Waals surface area contributed by atoms with Crippen molar-refractivity contribution >= 4 is 11.8 Å². The molecule has 1 aliphatic rings. The van der Waals surface area contributed by atoms with Crippen molar-refractivity contribution in [2.24, 2.45) is 5.92 Å². The molecule has 29 heavy (non-hydrogen) atoms. The van der Waals surface area contributed by atoms with E-state index < -0.39 is 0 Å². The number of anilines is 2. The highest BCUT2D eigenvalue weighted by Crippen LogP contribution is 2.24. The molecule has 0 spiro atoms. The molecule has 1 aliphatic heterocycles. The Morgan fingerprint density at radius 3 is 2.52 bits per heavy atom. The molecule has 0 bridgehead atoms. The molecular weight excluding hydrogens is 360 g/mol. The van der Waals surface area contributed by atoms with Crippen LogP contribution in [0.2, 0.25) is 0 Å². The van der Waals surface area contributed by atoms with Crippen molar-refractivity contribution in [1.29, 1.82) is 0 Å². The van der Waals surface area contributed by atoms with Gasteiger partial charge in [-0.3, -0.25) is 4.98 Å². The first-order chi connectivity index (χ1) is 14.3. The summed E-state index contributed by atoms with van der Waals surface area (Å²) in [5, 5.41) is 8.52. The molecule has 0 amide bonds. The largest absolute Gasteiger partial charge is 0.358 e. The second kappa shape index (κ2) is 9.45. The summed E-state index contributed by atoms with van der Waals surface area (Å²) in [6.45, 7) is 2.86. The van der Waals surface area contributed by atoms with Gasteiger partial charge in [-0.1, -0.05) is 30.3 Å². The summed E-state index contributed by atoms with van der Waals surface area (Å²) in [5.41, 5.74) is 2.70. The summed E-state index contributed by atoms with van der Waals surface area (Å²) in [6, 6.07) is 14.9. The van der Waals surface area contributed by atoms with Gasteiger partial charge < -0.3 is 9.80 Å². The fourth-order valence-electron chi connectivity index (χ4n) is 3.85. The third kappa shape index (κ3) is 5.28. The van der Waals surface area contributed by atoms with Crippen LogP contribution in [0.5, 0.6) is 0 Å². The molecule has 3 aromatic rings. The van der Waals surface area contributed by atoms with E-state index in [2.05, 4.69) is 74.5 Å². The number of pyridine rings is 1. The van der Waals surface area contributed by atoms with Gasteiger partial charge in [0.2, 0.25) is 5.95 Å². The number of hydrogen-bond acceptors (Lipinski definition) is 6. The molecule has 0 saturated carbocycles. The molecular formula is C23H28N6. The summed E-state index contributed by atoms with van der Waals surface area (Å²) in [6.07, 6.45) is 9.86. The molecule has 6 heteroatoms. The van der Waals surface area contributed by atoms with Crippen LogP contribution >= 0.6 is 0 Å². The number of aromatic nitrogens is 4. The highest BCUT2D eigenvalue weighted by molar-refractivity contribution is 5.41. The average molecular weight is 389 g/mol. The maximum absolute atomic E-state index is 4.78. The van der Waals surface area contributed by atoms with Crippen LogP contribution in [-0.4, -0.2) is 46.8 Å². The van der Waals surface area contributed by atoms with Gasteiger partial charge in [-0.25, -0.2) is 0 Å². The topological polar surface area (TPSA) is 58.0 Å². The Hall–Kier alpha value is -3.02. The van der Waals surface area contributed by atoms with Crippen molar-refractivity contribution in [3.05, 3.63) is 72.2 Å². The molecule has 4 rings (SSSR count). The Balaban J connectivity index is 1.31. The number of benzene rings is 1. The van der Waals surface area contributed by atoms with Crippen LogP contribution in [0, 0.1) is 5.92 Å². The molecule has 0 atom stereocenters. The van der Waals surface area contributed by atoms with Gasteiger partial charge >= 0.3 is 0 Å². The van der Waals surface area contributed by atoms with Gasteiger partial charge in [-0.2, -0.15) is 10.1 Å². The number of hydrogen-bond donors (Lipinski definition) is 0. The van der Waals surface area contributed by atoms with Crippen LogP contribution in [0.4, 0.5) is 11.8 Å². The lowest BCUT2D eigenvalue weighted by Crippen LogP contribution is -2.36. The van der Waals surface area contributed by atoms with E-state index in [1.54, 1.807) is 6.20 Å². The molecule has 0 aliphatic carbocycles. The minimum atomic E-state index is 0.729. The van der Waals surface area contributed by atoms with Crippen molar-refractivity contribution < 1.29 is 0 Å². The lowest BCUT2D eigenvalue weighted by molar-refractivity contribution is 0.400. The summed E-state index contributed by atoms with van der Waals surface area (Å²) in [7, 11) is 2.06. The van der Waals surface area contributed by atoms with Gasteiger partial charge in [0.15, 0.2) is 5.82 Å². The Morgan fingerprint density at radius 1 is 1.00 bits per heavy atom. The van der Waals surface area contributed by atoms with Gasteiger partial charge in [0.25, 0.3) is 0 Å². The minimum absolute atomic E-state index is 0.729. The number of nitrogens with zero attached hydrogens (tertiary/aromatic N) is 6. The van der Waals surface area contributed by atoms with Crippen LogP contribution in [-0.2, 0) is 12.8 Å². The third-order valence-corrected chi connectivity index (χ3v) is 5.68. The van der Waals surface area contributed by atoms with E-state index in [1.807, 2.05) is 12.4 Å². The highest BCUT2D eigenvalue weighted by Gasteiger charge is 2.22. The smallest absolute Gasteiger partial charge is 0.247 e. The molecule has 0 unspecified atom stereocenters. The summed E-state index contributed by atoms with van der Waals surface area (Å²) >= 11 is 0. The zero-order chi connectivity index (χ0) is 19.9. The van der Waals surface area contributed by atoms with E-state index in [4.69, 9.17) is 4.98 Å². The predicted molar refractivity (Wildman–Crippen MR) is 116 cm³/mol. The van der Waals surface area contributed by atoms with E-state index in [-0.39, 0.29) is 0 Å². The average Bonchev–Trinajstić information content (AvgIpc) is 2.79. The number of likely N-dealkylation sites (N-methyl/N-ethyl adjacent to an activating group) is 1. The van der Waals surface area contributed by atoms with E-state index in [1.165, 1.54) is 24.0 Å². The van der Waals surface area contributed by atoms with E-state index in [0.29, 0.717) is 0 Å². The maximum atomic E-state index is 4.78. The molecule has 3 heterocycles. The van der Waals surface area contributed by atoms with Crippen molar-refractivity contribution in [3.8, 4) is 0 Å². The third-order valence-electron chi connectivity index (χ3n) is 5.68. The van der Waals surface area contributed by atoms with Gasteiger partial charge in [0, 0.05) is 39.1 Å². The summed E-state index contributed by atoms with van der Waals surface area (Å²) in [5.74, 6) is 2.35. The maximum Gasteiger partial charge on any atom is 0.247 e. The normalized spacial score (nSPS) is 14.7. The Kier molecular flexibility index (Phi) is 6.29. The zero-order valence-corrected chi connectivity index (χ0v) is 17.0. The Morgan fingerprint density at radius 2 is 1.76 bits per heavy atom. The molecule has 0 radical (unpaired) electrons. The standard InChI is InChI=1S/C23H28N6/c1-28(14-9-19-7-12-24-13-8-19)22-18-25-27-23(26-22)29-15-10-21(11-16-29)17-20-5-3-2-4-6-20/h2-8,12-13,18,21H,9-11,14-17H2,1H3. The van der Waals surface area contributed by atoms with Crippen molar-refractivity contribution in [3.63, 3.8) is 0 Å². The van der Waals surface area contributed by atoms with E-state index in [9.17, 15) is 0 Å². The second-order valence-electron chi connectivity index (χ2n) is 7.76. The van der Waals surface area contributed by atoms with Gasteiger partial charge in [-0.05, 0) is 54.9 Å².